The van der Waals surface area contributed by atoms with Gasteiger partial charge in [0, 0.05) is 32.1 Å². The lowest BCUT2D eigenvalue weighted by molar-refractivity contribution is -0.176. The van der Waals surface area contributed by atoms with E-state index in [1.54, 1.807) is 0 Å². The Kier molecular flexibility index (Phi) is 3.33. The van der Waals surface area contributed by atoms with Crippen LogP contribution in [0, 0.1) is 12.5 Å². The highest BCUT2D eigenvalue weighted by atomic mass is 16.6. The zero-order valence-corrected chi connectivity index (χ0v) is 11.7. The van der Waals surface area contributed by atoms with Crippen LogP contribution in [0.25, 0.3) is 4.85 Å². The molecule has 0 amide bonds. The van der Waals surface area contributed by atoms with E-state index in [1.807, 2.05) is 6.92 Å². The average molecular weight is 265 g/mol. The van der Waals surface area contributed by atoms with Gasteiger partial charge in [0.25, 0.3) is 0 Å². The first-order chi connectivity index (χ1) is 9.04. The Morgan fingerprint density at radius 1 is 1.42 bits per heavy atom. The summed E-state index contributed by atoms with van der Waals surface area (Å²) in [6, 6.07) is 0.0171. The molecular weight excluding hydrogens is 242 g/mol. The van der Waals surface area contributed by atoms with Gasteiger partial charge in [-0.2, -0.15) is 0 Å². The van der Waals surface area contributed by atoms with E-state index in [2.05, 4.69) is 11.8 Å². The van der Waals surface area contributed by atoms with E-state index in [4.69, 9.17) is 16.0 Å². The van der Waals surface area contributed by atoms with Gasteiger partial charge in [-0.15, -0.1) is 0 Å². The molecule has 0 aromatic rings. The van der Waals surface area contributed by atoms with Crippen molar-refractivity contribution in [3.63, 3.8) is 0 Å². The molecule has 0 aromatic heterocycles. The zero-order valence-electron chi connectivity index (χ0n) is 11.7. The normalized spacial score (nSPS) is 50.3. The van der Waals surface area contributed by atoms with Crippen molar-refractivity contribution in [1.29, 1.82) is 0 Å². The van der Waals surface area contributed by atoms with Gasteiger partial charge in [-0.05, 0) is 12.8 Å². The quantitative estimate of drug-likeness (QED) is 0.778. The first-order valence-electron chi connectivity index (χ1n) is 7.42. The summed E-state index contributed by atoms with van der Waals surface area (Å²) >= 11 is 0. The van der Waals surface area contributed by atoms with Crippen molar-refractivity contribution >= 4 is 0 Å². The summed E-state index contributed by atoms with van der Waals surface area (Å²) in [5.74, 6) is 0.209. The number of hydrogen-bond acceptors (Lipinski definition) is 3. The van der Waals surface area contributed by atoms with Crippen molar-refractivity contribution in [2.24, 2.45) is 5.92 Å². The van der Waals surface area contributed by atoms with E-state index in [-0.39, 0.29) is 42.0 Å². The molecule has 0 aromatic carbocycles. The molecule has 1 unspecified atom stereocenters. The van der Waals surface area contributed by atoms with Crippen LogP contribution in [0.2, 0.25) is 0 Å². The van der Waals surface area contributed by atoms with Crippen LogP contribution < -0.4 is 0 Å². The standard InChI is InChI=1S/C15H23NO3/c1-9(16-3)6-11-4-5-14-15(19-11)7-12(17)10(2)13(8-15)18-14/h9-14,17H,4-8H2,1-2H3/t9-,10?,11-,12-,13-,14+,15+/m1/s1. The van der Waals surface area contributed by atoms with E-state index in [1.165, 1.54) is 0 Å². The number of ether oxygens (including phenoxy) is 2. The molecule has 0 radical (unpaired) electrons. The van der Waals surface area contributed by atoms with Crippen LogP contribution in [0.1, 0.15) is 46.0 Å². The van der Waals surface area contributed by atoms with E-state index in [9.17, 15) is 5.11 Å². The monoisotopic (exact) mass is 265 g/mol. The smallest absolute Gasteiger partial charge is 0.223 e. The minimum atomic E-state index is -0.319. The topological polar surface area (TPSA) is 43.0 Å². The third kappa shape index (κ3) is 2.18. The molecule has 7 atom stereocenters. The number of aliphatic hydroxyl groups excluding tert-OH is 1. The first kappa shape index (κ1) is 13.4. The van der Waals surface area contributed by atoms with Gasteiger partial charge >= 0.3 is 0 Å². The predicted octanol–water partition coefficient (Wildman–Crippen LogP) is 2.16. The van der Waals surface area contributed by atoms with Crippen molar-refractivity contribution in [3.8, 4) is 0 Å². The van der Waals surface area contributed by atoms with E-state index >= 15 is 0 Å². The third-order valence-corrected chi connectivity index (χ3v) is 5.20. The number of nitrogens with zero attached hydrogens (tertiary/aromatic N) is 1. The fourth-order valence-electron chi connectivity index (χ4n) is 4.00. The lowest BCUT2D eigenvalue weighted by atomic mass is 9.73. The van der Waals surface area contributed by atoms with Crippen molar-refractivity contribution in [2.45, 2.75) is 82.0 Å². The molecule has 19 heavy (non-hydrogen) atoms. The summed E-state index contributed by atoms with van der Waals surface area (Å²) in [4.78, 5) is 3.56. The highest BCUT2D eigenvalue weighted by Gasteiger charge is 2.59. The van der Waals surface area contributed by atoms with E-state index in [0.717, 1.165) is 25.7 Å². The third-order valence-electron chi connectivity index (χ3n) is 5.20. The Balaban J connectivity index is 1.73. The molecule has 4 heteroatoms. The summed E-state index contributed by atoms with van der Waals surface area (Å²) in [6.07, 6.45) is 4.52. The number of fused-ring (bicyclic) bond motifs is 1. The molecule has 2 heterocycles. The van der Waals surface area contributed by atoms with Crippen LogP contribution in [-0.4, -0.2) is 41.2 Å². The molecule has 106 valence electrons. The Morgan fingerprint density at radius 2 is 2.21 bits per heavy atom. The second-order valence-electron chi connectivity index (χ2n) is 6.59. The number of hydrogen-bond donors (Lipinski definition) is 1. The lowest BCUT2D eigenvalue weighted by Gasteiger charge is -2.44. The average Bonchev–Trinajstić information content (AvgIpc) is 2.70. The molecule has 1 N–H and O–H groups in total. The highest BCUT2D eigenvalue weighted by molar-refractivity contribution is 5.08. The summed E-state index contributed by atoms with van der Waals surface area (Å²) in [6.45, 7) is 11.1. The Labute approximate surface area is 114 Å². The zero-order chi connectivity index (χ0) is 13.6. The molecule has 2 aliphatic heterocycles. The van der Waals surface area contributed by atoms with Gasteiger partial charge in [0.15, 0.2) is 0 Å². The van der Waals surface area contributed by atoms with E-state index in [0.29, 0.717) is 6.42 Å². The molecule has 1 aliphatic carbocycles. The molecule has 1 saturated carbocycles. The number of rotatable bonds is 2. The van der Waals surface area contributed by atoms with Crippen LogP contribution in [0.3, 0.4) is 0 Å². The molecule has 1 spiro atoms. The maximum Gasteiger partial charge on any atom is 0.223 e. The maximum atomic E-state index is 10.2. The summed E-state index contributed by atoms with van der Waals surface area (Å²) in [5, 5.41) is 10.2. The SMILES string of the molecule is [C-]#[N+][C@H](C)C[C@H]1CC[C@@H]2O[C@@H]3C[C@]2(C[C@@H](O)C3C)O1. The lowest BCUT2D eigenvalue weighted by Crippen LogP contribution is -2.53. The van der Waals surface area contributed by atoms with Crippen LogP contribution in [0.4, 0.5) is 0 Å². The van der Waals surface area contributed by atoms with Gasteiger partial charge in [-0.25, -0.2) is 6.57 Å². The van der Waals surface area contributed by atoms with Crippen molar-refractivity contribution in [2.75, 3.05) is 0 Å². The largest absolute Gasteiger partial charge is 0.393 e. The molecule has 2 saturated heterocycles. The summed E-state index contributed by atoms with van der Waals surface area (Å²) in [5.41, 5.74) is -0.277. The number of aliphatic hydroxyl groups is 1. The van der Waals surface area contributed by atoms with Crippen molar-refractivity contribution < 1.29 is 14.6 Å². The van der Waals surface area contributed by atoms with Crippen LogP contribution >= 0.6 is 0 Å². The summed E-state index contributed by atoms with van der Waals surface area (Å²) in [7, 11) is 0. The van der Waals surface area contributed by atoms with Crippen molar-refractivity contribution in [3.05, 3.63) is 11.4 Å². The van der Waals surface area contributed by atoms with Gasteiger partial charge in [0.2, 0.25) is 6.04 Å². The maximum absolute atomic E-state index is 10.2. The highest BCUT2D eigenvalue weighted by Crippen LogP contribution is 2.51. The summed E-state index contributed by atoms with van der Waals surface area (Å²) < 4.78 is 12.4. The molecular formula is C15H23NO3. The van der Waals surface area contributed by atoms with E-state index < -0.39 is 0 Å². The van der Waals surface area contributed by atoms with Crippen LogP contribution in [-0.2, 0) is 9.47 Å². The van der Waals surface area contributed by atoms with Crippen molar-refractivity contribution in [1.82, 2.24) is 0 Å². The fourth-order valence-corrected chi connectivity index (χ4v) is 4.00. The molecule has 3 fully saturated rings. The minimum absolute atomic E-state index is 0.0171. The van der Waals surface area contributed by atoms with Crippen LogP contribution in [0.15, 0.2) is 0 Å². The van der Waals surface area contributed by atoms with Gasteiger partial charge in [-0.3, -0.25) is 0 Å². The van der Waals surface area contributed by atoms with Gasteiger partial charge in [0.05, 0.1) is 30.0 Å². The Hall–Kier alpha value is -0.630. The predicted molar refractivity (Wildman–Crippen MR) is 70.6 cm³/mol. The van der Waals surface area contributed by atoms with Crippen LogP contribution in [0.5, 0.6) is 0 Å². The second kappa shape index (κ2) is 4.73. The second-order valence-corrected chi connectivity index (χ2v) is 6.59. The van der Waals surface area contributed by atoms with Gasteiger partial charge in [0.1, 0.15) is 0 Å². The molecule has 3 rings (SSSR count). The molecule has 2 bridgehead atoms. The Bertz CT molecular complexity index is 393. The van der Waals surface area contributed by atoms with Gasteiger partial charge < -0.3 is 19.4 Å². The Morgan fingerprint density at radius 3 is 2.95 bits per heavy atom. The van der Waals surface area contributed by atoms with Gasteiger partial charge in [-0.1, -0.05) is 6.92 Å². The fraction of sp³-hybridized carbons (Fsp3) is 0.933. The first-order valence-corrected chi connectivity index (χ1v) is 7.42. The molecule has 3 aliphatic rings. The minimum Gasteiger partial charge on any atom is -0.393 e. The molecule has 4 nitrogen and oxygen atoms in total.